The zero-order valence-corrected chi connectivity index (χ0v) is 22.9. The summed E-state index contributed by atoms with van der Waals surface area (Å²) in [6, 6.07) is 6.27. The Morgan fingerprint density at radius 1 is 1.22 bits per heavy atom. The molecule has 2 aromatic rings. The molecule has 2 aromatic heterocycles. The van der Waals surface area contributed by atoms with Crippen LogP contribution in [0.1, 0.15) is 29.7 Å². The smallest absolute Gasteiger partial charge is 0.206 e. The van der Waals surface area contributed by atoms with Gasteiger partial charge >= 0.3 is 0 Å². The van der Waals surface area contributed by atoms with Gasteiger partial charge in [0.05, 0.1) is 29.9 Å². The molecule has 10 heteroatoms. The van der Waals surface area contributed by atoms with Crippen molar-refractivity contribution < 1.29 is 8.42 Å². The molecule has 0 atom stereocenters. The molecule has 196 valence electrons. The van der Waals surface area contributed by atoms with Gasteiger partial charge in [-0.2, -0.15) is 0 Å². The molecule has 1 saturated heterocycles. The summed E-state index contributed by atoms with van der Waals surface area (Å²) in [5.41, 5.74) is 4.31. The van der Waals surface area contributed by atoms with Gasteiger partial charge in [-0.25, -0.2) is 23.5 Å². The number of aromatic nitrogens is 3. The Labute approximate surface area is 216 Å². The van der Waals surface area contributed by atoms with Crippen molar-refractivity contribution in [3.8, 4) is 0 Å². The van der Waals surface area contributed by atoms with Crippen LogP contribution in [0.4, 0.5) is 5.82 Å². The minimum Gasteiger partial charge on any atom is -0.367 e. The van der Waals surface area contributed by atoms with Crippen molar-refractivity contribution in [3.63, 3.8) is 0 Å². The highest BCUT2D eigenvalue weighted by Crippen LogP contribution is 2.23. The van der Waals surface area contributed by atoms with Gasteiger partial charge in [0.25, 0.3) is 0 Å². The van der Waals surface area contributed by atoms with Crippen molar-refractivity contribution in [2.45, 2.75) is 26.8 Å². The van der Waals surface area contributed by atoms with Crippen LogP contribution in [0.2, 0.25) is 0 Å². The van der Waals surface area contributed by atoms with Gasteiger partial charge in [0.2, 0.25) is 10.0 Å². The van der Waals surface area contributed by atoms with E-state index in [9.17, 15) is 8.42 Å². The second-order valence-corrected chi connectivity index (χ2v) is 10.4. The van der Waals surface area contributed by atoms with E-state index < -0.39 is 10.0 Å². The Kier molecular flexibility index (Phi) is 11.2. The third-order valence-corrected chi connectivity index (χ3v) is 5.53. The van der Waals surface area contributed by atoms with Crippen molar-refractivity contribution in [3.05, 3.63) is 78.1 Å². The molecule has 0 aromatic carbocycles. The van der Waals surface area contributed by atoms with Crippen LogP contribution in [-0.2, 0) is 23.0 Å². The number of nitrogens with zero attached hydrogens (tertiary/aromatic N) is 6. The Hall–Kier alpha value is -3.08. The lowest BCUT2D eigenvalue weighted by Crippen LogP contribution is -2.45. The van der Waals surface area contributed by atoms with E-state index in [2.05, 4.69) is 65.6 Å². The summed E-state index contributed by atoms with van der Waals surface area (Å²) in [7, 11) is 1.09. The van der Waals surface area contributed by atoms with E-state index in [1.54, 1.807) is 6.08 Å². The number of hydrogen-bond acceptors (Lipinski definition) is 8. The predicted molar refractivity (Wildman–Crippen MR) is 148 cm³/mol. The second kappa shape index (κ2) is 13.9. The van der Waals surface area contributed by atoms with Gasteiger partial charge in [0, 0.05) is 45.5 Å². The molecule has 0 unspecified atom stereocenters. The van der Waals surface area contributed by atoms with Crippen LogP contribution in [0.3, 0.4) is 0 Å². The Balaban J connectivity index is 0.000000830. The quantitative estimate of drug-likeness (QED) is 0.537. The summed E-state index contributed by atoms with van der Waals surface area (Å²) in [6.07, 6.45) is 11.5. The molecule has 9 nitrogen and oxygen atoms in total. The molecule has 36 heavy (non-hydrogen) atoms. The van der Waals surface area contributed by atoms with Crippen LogP contribution >= 0.6 is 0 Å². The van der Waals surface area contributed by atoms with E-state index in [1.807, 2.05) is 31.3 Å². The number of nitrogens with two attached hydrogens (primary N) is 1. The van der Waals surface area contributed by atoms with Crippen molar-refractivity contribution in [1.29, 1.82) is 0 Å². The molecule has 0 bridgehead atoms. The maximum absolute atomic E-state index is 9.41. The first kappa shape index (κ1) is 29.2. The van der Waals surface area contributed by atoms with Gasteiger partial charge in [0.15, 0.2) is 0 Å². The number of primary sulfonamides is 1. The average molecular weight is 514 g/mol. The number of anilines is 1. The van der Waals surface area contributed by atoms with Gasteiger partial charge in [-0.15, -0.1) is 0 Å². The molecule has 3 rings (SSSR count). The first-order chi connectivity index (χ1) is 17.0. The van der Waals surface area contributed by atoms with Crippen LogP contribution in [0.25, 0.3) is 5.70 Å². The lowest BCUT2D eigenvalue weighted by atomic mass is 10.1. The van der Waals surface area contributed by atoms with Crippen LogP contribution in [0.5, 0.6) is 0 Å². The Bertz CT molecular complexity index is 1160. The highest BCUT2D eigenvalue weighted by atomic mass is 32.2. The molecule has 3 heterocycles. The van der Waals surface area contributed by atoms with E-state index in [4.69, 9.17) is 15.0 Å². The second-order valence-electron chi connectivity index (χ2n) is 8.78. The molecule has 2 N–H and O–H groups in total. The fraction of sp³-hybridized carbons (Fsp3) is 0.423. The van der Waals surface area contributed by atoms with Gasteiger partial charge in [-0.3, -0.25) is 4.98 Å². The molecular weight excluding hydrogens is 474 g/mol. The van der Waals surface area contributed by atoms with Crippen molar-refractivity contribution in [2.75, 3.05) is 51.4 Å². The van der Waals surface area contributed by atoms with Crippen molar-refractivity contribution in [2.24, 2.45) is 5.14 Å². The summed E-state index contributed by atoms with van der Waals surface area (Å²) in [4.78, 5) is 21.1. The minimum absolute atomic E-state index is 0.678. The highest BCUT2D eigenvalue weighted by Gasteiger charge is 2.18. The lowest BCUT2D eigenvalue weighted by Gasteiger charge is -2.33. The summed E-state index contributed by atoms with van der Waals surface area (Å²) in [5, 5.41) is 4.33. The summed E-state index contributed by atoms with van der Waals surface area (Å²) in [6.45, 7) is 12.7. The molecule has 0 amide bonds. The zero-order valence-electron chi connectivity index (χ0n) is 22.1. The Morgan fingerprint density at radius 3 is 2.50 bits per heavy atom. The van der Waals surface area contributed by atoms with Crippen LogP contribution in [0, 0.1) is 6.92 Å². The fourth-order valence-electron chi connectivity index (χ4n) is 3.79. The van der Waals surface area contributed by atoms with Gasteiger partial charge in [0.1, 0.15) is 11.6 Å². The number of sulfonamides is 1. The van der Waals surface area contributed by atoms with Crippen LogP contribution in [0.15, 0.2) is 55.3 Å². The molecule has 1 fully saturated rings. The summed E-state index contributed by atoms with van der Waals surface area (Å²) < 4.78 is 18.8. The molecule has 0 aliphatic carbocycles. The molecule has 0 spiro atoms. The van der Waals surface area contributed by atoms with E-state index in [0.29, 0.717) is 6.54 Å². The topological polar surface area (TPSA) is 109 Å². The number of pyridine rings is 1. The largest absolute Gasteiger partial charge is 0.367 e. The molecule has 0 saturated carbocycles. The van der Waals surface area contributed by atoms with Crippen LogP contribution in [-0.4, -0.2) is 79.7 Å². The summed E-state index contributed by atoms with van der Waals surface area (Å²) in [5.74, 6) is 1.83. The third-order valence-electron chi connectivity index (χ3n) is 5.53. The third kappa shape index (κ3) is 9.88. The predicted octanol–water partition coefficient (Wildman–Crippen LogP) is 2.61. The standard InChI is InChI=1S/C25H34N6.CH5NO2S/c1-6-8-9-12-23(25-21(7-2)11-10-13-26-25)30(5)19-22-18-24(28-20(3)27-22)31-16-14-29(4)15-17-31;1-5(2,3)4/h6,8-13,18H,1,7,14-17,19H2,2-5H3;1H3,(H2,2,3,4)/b9-8?,23-12+;. The lowest BCUT2D eigenvalue weighted by molar-refractivity contribution is 0.312. The van der Waals surface area contributed by atoms with Crippen molar-refractivity contribution in [1.82, 2.24) is 24.8 Å². The average Bonchev–Trinajstić information content (AvgIpc) is 2.81. The summed E-state index contributed by atoms with van der Waals surface area (Å²) >= 11 is 0. The Morgan fingerprint density at radius 2 is 1.89 bits per heavy atom. The monoisotopic (exact) mass is 513 g/mol. The van der Waals surface area contributed by atoms with Gasteiger partial charge in [-0.1, -0.05) is 37.8 Å². The number of aryl methyl sites for hydroxylation is 2. The minimum atomic E-state index is -3.17. The SMILES string of the molecule is C=CC=C/C=C(\c1ncccc1CC)N(C)Cc1cc(N2CCN(C)CC2)nc(C)n1.CS(N)(=O)=O. The normalized spacial score (nSPS) is 14.9. The van der Waals surface area contributed by atoms with E-state index >= 15 is 0 Å². The van der Waals surface area contributed by atoms with Crippen LogP contribution < -0.4 is 10.0 Å². The number of rotatable bonds is 8. The van der Waals surface area contributed by atoms with Gasteiger partial charge in [-0.05, 0) is 38.1 Å². The van der Waals surface area contributed by atoms with Crippen molar-refractivity contribution >= 4 is 21.5 Å². The van der Waals surface area contributed by atoms with E-state index in [-0.39, 0.29) is 0 Å². The van der Waals surface area contributed by atoms with E-state index in [1.165, 1.54) is 5.56 Å². The van der Waals surface area contributed by atoms with Gasteiger partial charge < -0.3 is 14.7 Å². The molecular formula is C26H39N7O2S. The number of hydrogen-bond donors (Lipinski definition) is 1. The molecule has 1 aliphatic rings. The number of likely N-dealkylation sites (N-methyl/N-ethyl adjacent to an activating group) is 1. The number of allylic oxidation sites excluding steroid dienone is 4. The first-order valence-electron chi connectivity index (χ1n) is 11.9. The number of piperazine rings is 1. The molecule has 0 radical (unpaired) electrons. The fourth-order valence-corrected chi connectivity index (χ4v) is 3.79. The van der Waals surface area contributed by atoms with E-state index in [0.717, 1.165) is 67.6 Å². The molecule has 1 aliphatic heterocycles. The highest BCUT2D eigenvalue weighted by molar-refractivity contribution is 7.88. The zero-order chi connectivity index (χ0) is 26.7. The maximum atomic E-state index is 9.41. The maximum Gasteiger partial charge on any atom is 0.206 e. The first-order valence-corrected chi connectivity index (χ1v) is 13.9.